The second kappa shape index (κ2) is 6.85. The Bertz CT molecular complexity index is 628. The van der Waals surface area contributed by atoms with E-state index >= 15 is 0 Å². The summed E-state index contributed by atoms with van der Waals surface area (Å²) in [6, 6.07) is 7.01. The van der Waals surface area contributed by atoms with Crippen molar-refractivity contribution in [3.8, 4) is 0 Å². The smallest absolute Gasteiger partial charge is 0.226 e. The maximum atomic E-state index is 12.4. The van der Waals surface area contributed by atoms with Crippen LogP contribution >= 0.6 is 11.6 Å². The molecule has 0 radical (unpaired) electrons. The van der Waals surface area contributed by atoms with Gasteiger partial charge in [-0.2, -0.15) is 0 Å². The highest BCUT2D eigenvalue weighted by molar-refractivity contribution is 6.30. The summed E-state index contributed by atoms with van der Waals surface area (Å²) in [4.78, 5) is 20.8. The standard InChI is InChI=1S/C16H16ClN3O2/c17-13-3-1-11(2-4-13)15(14-9-18-6-7-19-14)20-16(21)12-5-8-22-10-12/h1-4,6-7,9,12,15H,5,8,10H2,(H,20,21). The molecule has 1 fully saturated rings. The van der Waals surface area contributed by atoms with Gasteiger partial charge in [0.2, 0.25) is 5.91 Å². The highest BCUT2D eigenvalue weighted by Crippen LogP contribution is 2.23. The molecule has 0 saturated carbocycles. The number of hydrogen-bond donors (Lipinski definition) is 1. The third kappa shape index (κ3) is 3.43. The molecule has 1 aromatic carbocycles. The quantitative estimate of drug-likeness (QED) is 0.940. The van der Waals surface area contributed by atoms with E-state index in [9.17, 15) is 4.79 Å². The Morgan fingerprint density at radius 1 is 1.32 bits per heavy atom. The number of rotatable bonds is 4. The Kier molecular flexibility index (Phi) is 4.65. The highest BCUT2D eigenvalue weighted by Gasteiger charge is 2.27. The van der Waals surface area contributed by atoms with Crippen LogP contribution in [-0.2, 0) is 9.53 Å². The summed E-state index contributed by atoms with van der Waals surface area (Å²) in [5, 5.41) is 3.70. The van der Waals surface area contributed by atoms with Crippen molar-refractivity contribution in [1.29, 1.82) is 0 Å². The predicted octanol–water partition coefficient (Wildman–Crippen LogP) is 2.37. The molecule has 5 nitrogen and oxygen atoms in total. The summed E-state index contributed by atoms with van der Waals surface area (Å²) < 4.78 is 5.28. The maximum Gasteiger partial charge on any atom is 0.226 e. The van der Waals surface area contributed by atoms with E-state index in [0.717, 1.165) is 12.0 Å². The van der Waals surface area contributed by atoms with Gasteiger partial charge in [0.15, 0.2) is 0 Å². The first-order valence-electron chi connectivity index (χ1n) is 7.13. The van der Waals surface area contributed by atoms with Crippen molar-refractivity contribution in [3.63, 3.8) is 0 Å². The fraction of sp³-hybridized carbons (Fsp3) is 0.312. The Labute approximate surface area is 133 Å². The molecule has 114 valence electrons. The molecule has 0 aliphatic carbocycles. The van der Waals surface area contributed by atoms with Gasteiger partial charge in [-0.3, -0.25) is 14.8 Å². The van der Waals surface area contributed by atoms with Gasteiger partial charge in [0, 0.05) is 24.0 Å². The first kappa shape index (κ1) is 14.9. The zero-order valence-electron chi connectivity index (χ0n) is 11.9. The number of carbonyl (C=O) groups is 1. The van der Waals surface area contributed by atoms with E-state index in [2.05, 4.69) is 15.3 Å². The number of aromatic nitrogens is 2. The summed E-state index contributed by atoms with van der Waals surface area (Å²) >= 11 is 5.94. The Morgan fingerprint density at radius 3 is 2.77 bits per heavy atom. The molecule has 6 heteroatoms. The van der Waals surface area contributed by atoms with Crippen LogP contribution in [0.3, 0.4) is 0 Å². The monoisotopic (exact) mass is 317 g/mol. The van der Waals surface area contributed by atoms with Gasteiger partial charge in [0.05, 0.1) is 30.5 Å². The molecule has 0 spiro atoms. The number of ether oxygens (including phenoxy) is 1. The first-order valence-corrected chi connectivity index (χ1v) is 7.51. The topological polar surface area (TPSA) is 64.1 Å². The average molecular weight is 318 g/mol. The average Bonchev–Trinajstić information content (AvgIpc) is 3.09. The molecule has 1 aromatic heterocycles. The fourth-order valence-corrected chi connectivity index (χ4v) is 2.57. The zero-order valence-corrected chi connectivity index (χ0v) is 12.7. The molecule has 2 aromatic rings. The second-order valence-electron chi connectivity index (χ2n) is 5.18. The Hall–Kier alpha value is -1.98. The number of carbonyl (C=O) groups excluding carboxylic acids is 1. The lowest BCUT2D eigenvalue weighted by atomic mass is 10.0. The molecule has 1 N–H and O–H groups in total. The van der Waals surface area contributed by atoms with Crippen molar-refractivity contribution in [3.05, 3.63) is 59.1 Å². The molecular formula is C16H16ClN3O2. The molecule has 2 atom stereocenters. The molecule has 2 unspecified atom stereocenters. The molecular weight excluding hydrogens is 302 g/mol. The minimum absolute atomic E-state index is 0.0249. The minimum Gasteiger partial charge on any atom is -0.381 e. The van der Waals surface area contributed by atoms with Crippen LogP contribution in [-0.4, -0.2) is 29.1 Å². The Balaban J connectivity index is 1.86. The van der Waals surface area contributed by atoms with Crippen LogP contribution in [0.15, 0.2) is 42.9 Å². The SMILES string of the molecule is O=C(NC(c1ccc(Cl)cc1)c1cnccn1)C1CCOC1. The van der Waals surface area contributed by atoms with E-state index in [0.29, 0.717) is 23.9 Å². The minimum atomic E-state index is -0.348. The molecule has 1 aliphatic heterocycles. The van der Waals surface area contributed by atoms with E-state index in [1.165, 1.54) is 0 Å². The number of halogens is 1. The Morgan fingerprint density at radius 2 is 2.14 bits per heavy atom. The molecule has 22 heavy (non-hydrogen) atoms. The third-order valence-corrected chi connectivity index (χ3v) is 3.92. The van der Waals surface area contributed by atoms with Crippen molar-refractivity contribution in [2.45, 2.75) is 12.5 Å². The lowest BCUT2D eigenvalue weighted by Gasteiger charge is -2.20. The highest BCUT2D eigenvalue weighted by atomic mass is 35.5. The lowest BCUT2D eigenvalue weighted by Crippen LogP contribution is -2.35. The van der Waals surface area contributed by atoms with Gasteiger partial charge in [-0.15, -0.1) is 0 Å². The van der Waals surface area contributed by atoms with E-state index in [1.807, 2.05) is 12.1 Å². The fourth-order valence-electron chi connectivity index (χ4n) is 2.44. The normalized spacial score (nSPS) is 18.9. The number of benzene rings is 1. The van der Waals surface area contributed by atoms with Crippen LogP contribution in [0.5, 0.6) is 0 Å². The zero-order chi connectivity index (χ0) is 15.4. The van der Waals surface area contributed by atoms with Crippen molar-refractivity contribution < 1.29 is 9.53 Å². The van der Waals surface area contributed by atoms with Crippen LogP contribution in [0.4, 0.5) is 0 Å². The van der Waals surface area contributed by atoms with Gasteiger partial charge < -0.3 is 10.1 Å². The van der Waals surface area contributed by atoms with Crippen LogP contribution in [0.1, 0.15) is 23.7 Å². The van der Waals surface area contributed by atoms with Gasteiger partial charge in [-0.05, 0) is 24.1 Å². The van der Waals surface area contributed by atoms with Crippen LogP contribution in [0.25, 0.3) is 0 Å². The number of nitrogens with zero attached hydrogens (tertiary/aromatic N) is 2. The summed E-state index contributed by atoms with van der Waals surface area (Å²) in [5.41, 5.74) is 1.61. The molecule has 1 amide bonds. The maximum absolute atomic E-state index is 12.4. The van der Waals surface area contributed by atoms with Crippen molar-refractivity contribution in [1.82, 2.24) is 15.3 Å². The largest absolute Gasteiger partial charge is 0.381 e. The summed E-state index contributed by atoms with van der Waals surface area (Å²) in [6.07, 6.45) is 5.63. The first-order chi connectivity index (χ1) is 10.7. The van der Waals surface area contributed by atoms with Gasteiger partial charge in [0.25, 0.3) is 0 Å². The van der Waals surface area contributed by atoms with Crippen molar-refractivity contribution in [2.75, 3.05) is 13.2 Å². The van der Waals surface area contributed by atoms with E-state index in [1.54, 1.807) is 30.7 Å². The number of hydrogen-bond acceptors (Lipinski definition) is 4. The molecule has 0 bridgehead atoms. The van der Waals surface area contributed by atoms with E-state index in [4.69, 9.17) is 16.3 Å². The van der Waals surface area contributed by atoms with Gasteiger partial charge in [-0.25, -0.2) is 0 Å². The summed E-state index contributed by atoms with van der Waals surface area (Å²) in [5.74, 6) is -0.130. The second-order valence-corrected chi connectivity index (χ2v) is 5.62. The number of amides is 1. The third-order valence-electron chi connectivity index (χ3n) is 3.67. The van der Waals surface area contributed by atoms with Crippen LogP contribution in [0, 0.1) is 5.92 Å². The molecule has 1 aliphatic rings. The number of nitrogens with one attached hydrogen (secondary N) is 1. The summed E-state index contributed by atoms with van der Waals surface area (Å²) in [7, 11) is 0. The van der Waals surface area contributed by atoms with Gasteiger partial charge in [0.1, 0.15) is 0 Å². The van der Waals surface area contributed by atoms with Crippen LogP contribution < -0.4 is 5.32 Å². The van der Waals surface area contributed by atoms with E-state index in [-0.39, 0.29) is 17.9 Å². The lowest BCUT2D eigenvalue weighted by molar-refractivity contribution is -0.125. The van der Waals surface area contributed by atoms with Gasteiger partial charge >= 0.3 is 0 Å². The van der Waals surface area contributed by atoms with Crippen LogP contribution in [0.2, 0.25) is 5.02 Å². The summed E-state index contributed by atoms with van der Waals surface area (Å²) in [6.45, 7) is 1.11. The molecule has 1 saturated heterocycles. The van der Waals surface area contributed by atoms with E-state index < -0.39 is 0 Å². The van der Waals surface area contributed by atoms with Gasteiger partial charge in [-0.1, -0.05) is 23.7 Å². The molecule has 3 rings (SSSR count). The van der Waals surface area contributed by atoms with Crippen molar-refractivity contribution >= 4 is 17.5 Å². The van der Waals surface area contributed by atoms with Crippen molar-refractivity contribution in [2.24, 2.45) is 5.92 Å². The predicted molar refractivity (Wildman–Crippen MR) is 82.4 cm³/mol. The molecule has 2 heterocycles.